The predicted octanol–water partition coefficient (Wildman–Crippen LogP) is 3.34. The van der Waals surface area contributed by atoms with Gasteiger partial charge in [-0.3, -0.25) is 9.69 Å². The Kier molecular flexibility index (Phi) is 5.68. The third-order valence-electron chi connectivity index (χ3n) is 3.65. The molecule has 136 valence electrons. The summed E-state index contributed by atoms with van der Waals surface area (Å²) in [5.41, 5.74) is 1.59. The molecular weight excluding hydrogens is 367 g/mol. The van der Waals surface area contributed by atoms with Crippen molar-refractivity contribution >= 4 is 28.2 Å². The predicted molar refractivity (Wildman–Crippen MR) is 101 cm³/mol. The fourth-order valence-corrected chi connectivity index (χ4v) is 3.03. The normalized spacial score (nSPS) is 10.3. The van der Waals surface area contributed by atoms with Crippen LogP contribution in [0.3, 0.4) is 0 Å². The number of thiazole rings is 1. The van der Waals surface area contributed by atoms with Crippen LogP contribution in [0, 0.1) is 17.1 Å². The minimum Gasteiger partial charge on any atom is -0.369 e. The Labute approximate surface area is 159 Å². The summed E-state index contributed by atoms with van der Waals surface area (Å²) in [6.45, 7) is 0.490. The van der Waals surface area contributed by atoms with E-state index in [-0.39, 0.29) is 5.91 Å². The number of nitriles is 1. The summed E-state index contributed by atoms with van der Waals surface area (Å²) in [6, 6.07) is 9.15. The van der Waals surface area contributed by atoms with Crippen LogP contribution in [0.4, 0.5) is 15.3 Å². The SMILES string of the molecule is CN(C(=O)c1ccc(F)cc1)c1nc(-c2cc(NCCC#N)ncn2)cs1. The number of amides is 1. The number of carbonyl (C=O) groups excluding carboxylic acids is 1. The first-order valence-corrected chi connectivity index (χ1v) is 8.89. The molecule has 3 aromatic rings. The number of anilines is 2. The van der Waals surface area contributed by atoms with Crippen LogP contribution in [0.1, 0.15) is 16.8 Å². The first-order valence-electron chi connectivity index (χ1n) is 8.01. The number of nitrogens with zero attached hydrogens (tertiary/aromatic N) is 5. The lowest BCUT2D eigenvalue weighted by atomic mass is 10.2. The van der Waals surface area contributed by atoms with Gasteiger partial charge in [-0.15, -0.1) is 11.3 Å². The van der Waals surface area contributed by atoms with E-state index in [4.69, 9.17) is 5.26 Å². The third-order valence-corrected chi connectivity index (χ3v) is 4.56. The van der Waals surface area contributed by atoms with Crippen LogP contribution in [0.5, 0.6) is 0 Å². The largest absolute Gasteiger partial charge is 0.369 e. The quantitative estimate of drug-likeness (QED) is 0.657. The van der Waals surface area contributed by atoms with Gasteiger partial charge in [0.15, 0.2) is 5.13 Å². The van der Waals surface area contributed by atoms with Crippen molar-refractivity contribution < 1.29 is 9.18 Å². The highest BCUT2D eigenvalue weighted by atomic mass is 32.1. The van der Waals surface area contributed by atoms with Gasteiger partial charge in [0, 0.05) is 30.6 Å². The summed E-state index contributed by atoms with van der Waals surface area (Å²) in [5.74, 6) is -0.0772. The zero-order valence-electron chi connectivity index (χ0n) is 14.4. The van der Waals surface area contributed by atoms with Crippen molar-refractivity contribution in [1.82, 2.24) is 15.0 Å². The van der Waals surface area contributed by atoms with E-state index < -0.39 is 5.82 Å². The van der Waals surface area contributed by atoms with Crippen LogP contribution in [-0.2, 0) is 0 Å². The molecule has 27 heavy (non-hydrogen) atoms. The van der Waals surface area contributed by atoms with Crippen molar-refractivity contribution in [3.63, 3.8) is 0 Å². The van der Waals surface area contributed by atoms with E-state index in [0.717, 1.165) is 0 Å². The standard InChI is InChI=1S/C18H15FN6OS/c1-25(17(26)12-3-5-13(19)6-4-12)18-24-15(10-27-18)14-9-16(23-11-22-14)21-8-2-7-20/h3-6,9-11H,2,8H2,1H3,(H,21,22,23). The van der Waals surface area contributed by atoms with Gasteiger partial charge in [-0.1, -0.05) is 0 Å². The van der Waals surface area contributed by atoms with E-state index in [1.807, 2.05) is 0 Å². The van der Waals surface area contributed by atoms with Crippen molar-refractivity contribution in [2.24, 2.45) is 0 Å². The van der Waals surface area contributed by atoms with Crippen molar-refractivity contribution in [1.29, 1.82) is 5.26 Å². The van der Waals surface area contributed by atoms with Gasteiger partial charge in [0.05, 0.1) is 18.2 Å². The van der Waals surface area contributed by atoms with Crippen molar-refractivity contribution in [3.05, 3.63) is 53.4 Å². The van der Waals surface area contributed by atoms with Gasteiger partial charge < -0.3 is 5.32 Å². The fraction of sp³-hybridized carbons (Fsp3) is 0.167. The van der Waals surface area contributed by atoms with Gasteiger partial charge in [0.2, 0.25) is 0 Å². The van der Waals surface area contributed by atoms with Crippen LogP contribution < -0.4 is 10.2 Å². The highest BCUT2D eigenvalue weighted by molar-refractivity contribution is 7.14. The van der Waals surface area contributed by atoms with Crippen molar-refractivity contribution in [3.8, 4) is 17.5 Å². The van der Waals surface area contributed by atoms with E-state index in [1.165, 1.54) is 46.8 Å². The molecule has 0 unspecified atom stereocenters. The smallest absolute Gasteiger partial charge is 0.259 e. The summed E-state index contributed by atoms with van der Waals surface area (Å²) in [6.07, 6.45) is 1.78. The second kappa shape index (κ2) is 8.33. The molecule has 0 saturated heterocycles. The number of benzene rings is 1. The van der Waals surface area contributed by atoms with Crippen LogP contribution in [-0.4, -0.2) is 34.5 Å². The maximum absolute atomic E-state index is 13.0. The molecule has 2 heterocycles. The first kappa shape index (κ1) is 18.4. The highest BCUT2D eigenvalue weighted by Crippen LogP contribution is 2.27. The Balaban J connectivity index is 1.76. The molecule has 0 bridgehead atoms. The van der Waals surface area contributed by atoms with Gasteiger partial charge in [0.25, 0.3) is 5.91 Å². The molecule has 0 aliphatic rings. The van der Waals surface area contributed by atoms with E-state index in [1.54, 1.807) is 18.5 Å². The zero-order valence-corrected chi connectivity index (χ0v) is 15.2. The lowest BCUT2D eigenvalue weighted by molar-refractivity contribution is 0.0993. The lowest BCUT2D eigenvalue weighted by Gasteiger charge is -2.13. The molecule has 1 amide bonds. The van der Waals surface area contributed by atoms with E-state index in [9.17, 15) is 9.18 Å². The Morgan fingerprint density at radius 2 is 2.07 bits per heavy atom. The van der Waals surface area contributed by atoms with E-state index >= 15 is 0 Å². The molecule has 7 nitrogen and oxygen atoms in total. The summed E-state index contributed by atoms with van der Waals surface area (Å²) in [5, 5.41) is 13.9. The van der Waals surface area contributed by atoms with Gasteiger partial charge in [-0.2, -0.15) is 5.26 Å². The van der Waals surface area contributed by atoms with Crippen LogP contribution in [0.25, 0.3) is 11.4 Å². The minimum atomic E-state index is -0.395. The molecule has 9 heteroatoms. The number of carbonyl (C=O) groups is 1. The number of hydrogen-bond donors (Lipinski definition) is 1. The molecule has 0 saturated carbocycles. The van der Waals surface area contributed by atoms with E-state index in [0.29, 0.717) is 40.9 Å². The molecule has 0 spiro atoms. The zero-order chi connectivity index (χ0) is 19.2. The molecule has 0 atom stereocenters. The van der Waals surface area contributed by atoms with E-state index in [2.05, 4.69) is 26.3 Å². The number of nitrogens with one attached hydrogen (secondary N) is 1. The van der Waals surface area contributed by atoms with Gasteiger partial charge >= 0.3 is 0 Å². The number of aromatic nitrogens is 3. The average molecular weight is 382 g/mol. The second-order valence-electron chi connectivity index (χ2n) is 5.51. The van der Waals surface area contributed by atoms with Gasteiger partial charge in [-0.25, -0.2) is 19.3 Å². The fourth-order valence-electron chi connectivity index (χ4n) is 2.25. The first-order chi connectivity index (χ1) is 13.1. The van der Waals surface area contributed by atoms with Crippen molar-refractivity contribution in [2.45, 2.75) is 6.42 Å². The molecule has 0 radical (unpaired) electrons. The Morgan fingerprint density at radius 1 is 1.30 bits per heavy atom. The van der Waals surface area contributed by atoms with Crippen LogP contribution >= 0.6 is 11.3 Å². The summed E-state index contributed by atoms with van der Waals surface area (Å²) in [7, 11) is 1.61. The van der Waals surface area contributed by atoms with Gasteiger partial charge in [0.1, 0.15) is 23.7 Å². The molecule has 0 aliphatic heterocycles. The maximum Gasteiger partial charge on any atom is 0.259 e. The summed E-state index contributed by atoms with van der Waals surface area (Å²) >= 11 is 1.30. The maximum atomic E-state index is 13.0. The topological polar surface area (TPSA) is 94.8 Å². The minimum absolute atomic E-state index is 0.280. The monoisotopic (exact) mass is 382 g/mol. The lowest BCUT2D eigenvalue weighted by Crippen LogP contribution is -2.26. The third kappa shape index (κ3) is 4.43. The molecule has 2 aromatic heterocycles. The Bertz CT molecular complexity index is 982. The molecule has 0 aliphatic carbocycles. The highest BCUT2D eigenvalue weighted by Gasteiger charge is 2.17. The summed E-state index contributed by atoms with van der Waals surface area (Å²) < 4.78 is 13.0. The molecule has 0 fully saturated rings. The van der Waals surface area contributed by atoms with Crippen molar-refractivity contribution in [2.75, 3.05) is 23.8 Å². The van der Waals surface area contributed by atoms with Crippen LogP contribution in [0.2, 0.25) is 0 Å². The summed E-state index contributed by atoms with van der Waals surface area (Å²) in [4.78, 5) is 26.7. The Hall–Kier alpha value is -3.38. The van der Waals surface area contributed by atoms with Crippen LogP contribution in [0.15, 0.2) is 42.0 Å². The Morgan fingerprint density at radius 3 is 2.81 bits per heavy atom. The number of rotatable bonds is 6. The average Bonchev–Trinajstić information content (AvgIpc) is 3.18. The molecule has 3 rings (SSSR count). The van der Waals surface area contributed by atoms with Gasteiger partial charge in [-0.05, 0) is 24.3 Å². The molecular formula is C18H15FN6OS. The number of halogens is 1. The number of hydrogen-bond acceptors (Lipinski definition) is 7. The second-order valence-corrected chi connectivity index (χ2v) is 6.35. The molecule has 1 aromatic carbocycles. The molecule has 1 N–H and O–H groups in total.